The van der Waals surface area contributed by atoms with Crippen molar-refractivity contribution in [3.05, 3.63) is 104 Å². The predicted molar refractivity (Wildman–Crippen MR) is 150 cm³/mol. The van der Waals surface area contributed by atoms with E-state index in [4.69, 9.17) is 0 Å². The molecule has 2 N–H and O–H groups in total. The molecule has 0 fully saturated rings. The van der Waals surface area contributed by atoms with Crippen LogP contribution in [0.1, 0.15) is 38.4 Å². The van der Waals surface area contributed by atoms with E-state index in [1.165, 1.54) is 36.0 Å². The number of nitro groups is 1. The van der Waals surface area contributed by atoms with Crippen LogP contribution in [0.4, 0.5) is 11.4 Å². The maximum Gasteiger partial charge on any atom is 0.269 e. The van der Waals surface area contributed by atoms with Crippen molar-refractivity contribution in [3.63, 3.8) is 0 Å². The zero-order chi connectivity index (χ0) is 28.1. The van der Waals surface area contributed by atoms with Crippen molar-refractivity contribution in [2.45, 2.75) is 39.4 Å². The molecule has 0 saturated heterocycles. The normalized spacial score (nSPS) is 10.8. The Hall–Kier alpha value is -4.51. The van der Waals surface area contributed by atoms with Crippen LogP contribution in [0.15, 0.2) is 65.8 Å². The lowest BCUT2D eigenvalue weighted by atomic mass is 10.1. The van der Waals surface area contributed by atoms with Crippen LogP contribution >= 0.6 is 11.8 Å². The number of nitrogens with zero attached hydrogens (tertiary/aromatic N) is 4. The molecule has 2 amide bonds. The number of hydrogen-bond donors (Lipinski definition) is 2. The van der Waals surface area contributed by atoms with Gasteiger partial charge in [0.15, 0.2) is 11.0 Å². The van der Waals surface area contributed by atoms with Crippen molar-refractivity contribution in [1.82, 2.24) is 20.1 Å². The van der Waals surface area contributed by atoms with Gasteiger partial charge in [0, 0.05) is 23.4 Å². The Labute approximate surface area is 230 Å². The molecule has 0 spiro atoms. The molecule has 0 atom stereocenters. The monoisotopic (exact) mass is 544 g/mol. The topological polar surface area (TPSA) is 132 Å². The number of nitro benzene ring substituents is 1. The largest absolute Gasteiger partial charge is 0.345 e. The molecule has 1 aromatic heterocycles. The fourth-order valence-corrected chi connectivity index (χ4v) is 4.66. The molecule has 3 aromatic carbocycles. The Bertz CT molecular complexity index is 1550. The first kappa shape index (κ1) is 27.5. The number of carbonyl (C=O) groups is 2. The molecule has 0 saturated carbocycles. The van der Waals surface area contributed by atoms with Crippen LogP contribution in [0.3, 0.4) is 0 Å². The molecule has 0 radical (unpaired) electrons. The van der Waals surface area contributed by atoms with Gasteiger partial charge in [-0.15, -0.1) is 10.2 Å². The summed E-state index contributed by atoms with van der Waals surface area (Å²) >= 11 is 1.25. The quantitative estimate of drug-likeness (QED) is 0.171. The third-order valence-electron chi connectivity index (χ3n) is 6.05. The van der Waals surface area contributed by atoms with E-state index >= 15 is 0 Å². The highest BCUT2D eigenvalue weighted by Crippen LogP contribution is 2.26. The second-order valence-electron chi connectivity index (χ2n) is 9.17. The number of benzene rings is 3. The lowest BCUT2D eigenvalue weighted by Gasteiger charge is -2.14. The Kier molecular flexibility index (Phi) is 8.40. The van der Waals surface area contributed by atoms with Gasteiger partial charge in [0.2, 0.25) is 5.91 Å². The first-order chi connectivity index (χ1) is 18.6. The summed E-state index contributed by atoms with van der Waals surface area (Å²) in [7, 11) is 0. The van der Waals surface area contributed by atoms with Gasteiger partial charge in [-0.25, -0.2) is 0 Å². The van der Waals surface area contributed by atoms with Crippen LogP contribution in [-0.2, 0) is 11.3 Å². The number of nitrogens with one attached hydrogen (secondary N) is 2. The van der Waals surface area contributed by atoms with Gasteiger partial charge >= 0.3 is 0 Å². The molecule has 200 valence electrons. The molecule has 0 unspecified atom stereocenters. The zero-order valence-corrected chi connectivity index (χ0v) is 22.8. The highest BCUT2D eigenvalue weighted by Gasteiger charge is 2.19. The SMILES string of the molecule is Cc1ccc(C)c(NC(=O)CSc2nnc(CNC(=O)c3ccc([N+](=O)[O-])cc3)n2-c2cc(C)ccc2C)c1. The van der Waals surface area contributed by atoms with Gasteiger partial charge in [-0.05, 0) is 74.2 Å². The number of carbonyl (C=O) groups excluding carboxylic acids is 2. The summed E-state index contributed by atoms with van der Waals surface area (Å²) < 4.78 is 1.84. The van der Waals surface area contributed by atoms with E-state index in [1.807, 2.05) is 68.7 Å². The van der Waals surface area contributed by atoms with Crippen molar-refractivity contribution in [2.24, 2.45) is 0 Å². The second kappa shape index (κ2) is 11.9. The number of thioether (sulfide) groups is 1. The summed E-state index contributed by atoms with van der Waals surface area (Å²) in [4.78, 5) is 35.9. The van der Waals surface area contributed by atoms with Crippen molar-refractivity contribution in [2.75, 3.05) is 11.1 Å². The van der Waals surface area contributed by atoms with Crippen LogP contribution in [0.25, 0.3) is 5.69 Å². The first-order valence-electron chi connectivity index (χ1n) is 12.2. The number of non-ortho nitro benzene ring substituents is 1. The van der Waals surface area contributed by atoms with E-state index in [-0.39, 0.29) is 29.5 Å². The number of anilines is 1. The summed E-state index contributed by atoms with van der Waals surface area (Å²) in [6.07, 6.45) is 0. The number of aromatic nitrogens is 3. The molecule has 39 heavy (non-hydrogen) atoms. The minimum atomic E-state index is -0.518. The van der Waals surface area contributed by atoms with Gasteiger partial charge in [0.25, 0.3) is 11.6 Å². The smallest absolute Gasteiger partial charge is 0.269 e. The number of aryl methyl sites for hydroxylation is 4. The van der Waals surface area contributed by atoms with Crippen LogP contribution in [0.2, 0.25) is 0 Å². The molecule has 4 rings (SSSR count). The van der Waals surface area contributed by atoms with E-state index in [2.05, 4.69) is 20.8 Å². The van der Waals surface area contributed by atoms with Crippen molar-refractivity contribution in [1.29, 1.82) is 0 Å². The van der Waals surface area contributed by atoms with Gasteiger partial charge in [0.1, 0.15) is 0 Å². The Balaban J connectivity index is 1.54. The standard InChI is InChI=1S/C28H28N6O4S/c1-17-5-7-19(3)23(13-17)30-26(35)16-39-28-32-31-25(33(28)24-14-18(2)6-8-20(24)4)15-29-27(36)21-9-11-22(12-10-21)34(37)38/h5-14H,15-16H2,1-4H3,(H,29,36)(H,30,35). The molecule has 4 aromatic rings. The Morgan fingerprint density at radius 2 is 1.59 bits per heavy atom. The average molecular weight is 545 g/mol. The minimum absolute atomic E-state index is 0.0610. The van der Waals surface area contributed by atoms with Gasteiger partial charge in [-0.3, -0.25) is 24.3 Å². The molecule has 11 heteroatoms. The lowest BCUT2D eigenvalue weighted by Crippen LogP contribution is -2.24. The van der Waals surface area contributed by atoms with E-state index in [1.54, 1.807) is 0 Å². The molecule has 0 aliphatic carbocycles. The molecule has 1 heterocycles. The molecule has 0 aliphatic rings. The van der Waals surface area contributed by atoms with E-state index < -0.39 is 10.8 Å². The fourth-order valence-electron chi connectivity index (χ4n) is 3.89. The molecule has 10 nitrogen and oxygen atoms in total. The second-order valence-corrected chi connectivity index (χ2v) is 10.1. The van der Waals surface area contributed by atoms with Crippen LogP contribution in [0.5, 0.6) is 0 Å². The summed E-state index contributed by atoms with van der Waals surface area (Å²) in [5, 5.41) is 25.8. The molecule has 0 bridgehead atoms. The highest BCUT2D eigenvalue weighted by atomic mass is 32.2. The maximum atomic E-state index is 12.8. The molecular formula is C28H28N6O4S. The average Bonchev–Trinajstić information content (AvgIpc) is 3.32. The van der Waals surface area contributed by atoms with E-state index in [9.17, 15) is 19.7 Å². The number of hydrogen-bond acceptors (Lipinski definition) is 7. The van der Waals surface area contributed by atoms with Crippen molar-refractivity contribution < 1.29 is 14.5 Å². The van der Waals surface area contributed by atoms with E-state index in [0.29, 0.717) is 11.0 Å². The molecule has 0 aliphatic heterocycles. The Morgan fingerprint density at radius 3 is 2.28 bits per heavy atom. The number of rotatable bonds is 9. The van der Waals surface area contributed by atoms with Gasteiger partial charge < -0.3 is 10.6 Å². The van der Waals surface area contributed by atoms with Crippen molar-refractivity contribution in [3.8, 4) is 5.69 Å². The summed E-state index contributed by atoms with van der Waals surface area (Å²) in [6.45, 7) is 7.92. The first-order valence-corrected chi connectivity index (χ1v) is 13.2. The third-order valence-corrected chi connectivity index (χ3v) is 6.98. The van der Waals surface area contributed by atoms with Crippen LogP contribution in [0, 0.1) is 37.8 Å². The lowest BCUT2D eigenvalue weighted by molar-refractivity contribution is -0.384. The zero-order valence-electron chi connectivity index (χ0n) is 22.0. The summed E-state index contributed by atoms with van der Waals surface area (Å²) in [5.41, 5.74) is 5.85. The number of amides is 2. The maximum absolute atomic E-state index is 12.8. The summed E-state index contributed by atoms with van der Waals surface area (Å²) in [6, 6.07) is 17.3. The van der Waals surface area contributed by atoms with E-state index in [0.717, 1.165) is 33.6 Å². The predicted octanol–water partition coefficient (Wildman–Crippen LogP) is 5.07. The van der Waals surface area contributed by atoms with Gasteiger partial charge in [0.05, 0.1) is 22.9 Å². The molecular weight excluding hydrogens is 516 g/mol. The Morgan fingerprint density at radius 1 is 0.923 bits per heavy atom. The fraction of sp³-hybridized carbons (Fsp3) is 0.214. The van der Waals surface area contributed by atoms with Crippen LogP contribution in [-0.4, -0.2) is 37.3 Å². The van der Waals surface area contributed by atoms with Gasteiger partial charge in [-0.2, -0.15) is 0 Å². The van der Waals surface area contributed by atoms with Crippen LogP contribution < -0.4 is 10.6 Å². The summed E-state index contributed by atoms with van der Waals surface area (Å²) in [5.74, 6) is 0.0297. The minimum Gasteiger partial charge on any atom is -0.345 e. The van der Waals surface area contributed by atoms with Crippen molar-refractivity contribution >= 4 is 35.0 Å². The highest BCUT2D eigenvalue weighted by molar-refractivity contribution is 7.99. The van der Waals surface area contributed by atoms with Gasteiger partial charge in [-0.1, -0.05) is 36.0 Å². The third kappa shape index (κ3) is 6.68.